The van der Waals surface area contributed by atoms with E-state index in [1.54, 1.807) is 0 Å². The number of aromatic nitrogens is 2. The molecule has 0 N–H and O–H groups in total. The number of likely N-dealkylation sites (N-methyl/N-ethyl adjacent to an activating group) is 1. The van der Waals surface area contributed by atoms with Crippen molar-refractivity contribution in [3.63, 3.8) is 0 Å². The molecule has 3 heterocycles. The summed E-state index contributed by atoms with van der Waals surface area (Å²) >= 11 is 3.36. The molecule has 96 valence electrons. The monoisotopic (exact) mass is 309 g/mol. The first kappa shape index (κ1) is 12.1. The van der Waals surface area contributed by atoms with E-state index in [0.29, 0.717) is 11.6 Å². The van der Waals surface area contributed by atoms with Crippen LogP contribution in [0.5, 0.6) is 0 Å². The van der Waals surface area contributed by atoms with E-state index in [1.165, 1.54) is 13.0 Å². The summed E-state index contributed by atoms with van der Waals surface area (Å²) in [5.41, 5.74) is 1.48. The van der Waals surface area contributed by atoms with Crippen LogP contribution in [0.2, 0.25) is 0 Å². The number of halogens is 1. The molecule has 4 nitrogen and oxygen atoms in total. The molecular weight excluding hydrogens is 294 g/mol. The molecule has 0 radical (unpaired) electrons. The van der Waals surface area contributed by atoms with E-state index in [2.05, 4.69) is 37.7 Å². The second-order valence-corrected chi connectivity index (χ2v) is 5.55. The zero-order chi connectivity index (χ0) is 12.5. The van der Waals surface area contributed by atoms with E-state index in [4.69, 9.17) is 4.42 Å². The number of likely N-dealkylation sites (tertiary alicyclic amines) is 1. The van der Waals surface area contributed by atoms with Crippen molar-refractivity contribution in [3.8, 4) is 0 Å². The van der Waals surface area contributed by atoms with Crippen molar-refractivity contribution in [1.29, 1.82) is 0 Å². The topological polar surface area (TPSA) is 42.2 Å². The Morgan fingerprint density at radius 2 is 2.33 bits per heavy atom. The van der Waals surface area contributed by atoms with Crippen LogP contribution in [-0.2, 0) is 0 Å². The van der Waals surface area contributed by atoms with Gasteiger partial charge in [0.25, 0.3) is 0 Å². The molecule has 1 saturated heterocycles. The Morgan fingerprint density at radius 1 is 1.44 bits per heavy atom. The third-order valence-electron chi connectivity index (χ3n) is 3.54. The largest absolute Gasteiger partial charge is 0.439 e. The zero-order valence-electron chi connectivity index (χ0n) is 10.4. The average molecular weight is 310 g/mol. The van der Waals surface area contributed by atoms with E-state index >= 15 is 0 Å². The van der Waals surface area contributed by atoms with Crippen molar-refractivity contribution in [1.82, 2.24) is 14.9 Å². The van der Waals surface area contributed by atoms with E-state index in [-0.39, 0.29) is 0 Å². The van der Waals surface area contributed by atoms with E-state index < -0.39 is 0 Å². The predicted molar refractivity (Wildman–Crippen MR) is 73.6 cm³/mol. The molecule has 5 heteroatoms. The summed E-state index contributed by atoms with van der Waals surface area (Å²) in [6, 6.07) is 3.81. The summed E-state index contributed by atoms with van der Waals surface area (Å²) in [7, 11) is 0. The van der Waals surface area contributed by atoms with Crippen LogP contribution in [0.4, 0.5) is 0 Å². The maximum absolute atomic E-state index is 5.83. The van der Waals surface area contributed by atoms with Gasteiger partial charge in [-0.1, -0.05) is 6.92 Å². The lowest BCUT2D eigenvalue weighted by molar-refractivity contribution is 0.203. The normalized spacial score (nSPS) is 21.6. The number of piperidine rings is 1. The number of oxazole rings is 1. The number of pyridine rings is 1. The Balaban J connectivity index is 1.89. The lowest BCUT2D eigenvalue weighted by Crippen LogP contribution is -2.34. The van der Waals surface area contributed by atoms with Gasteiger partial charge >= 0.3 is 0 Å². The fourth-order valence-electron chi connectivity index (χ4n) is 2.53. The van der Waals surface area contributed by atoms with Crippen molar-refractivity contribution < 1.29 is 4.42 Å². The van der Waals surface area contributed by atoms with Gasteiger partial charge in [-0.15, -0.1) is 0 Å². The van der Waals surface area contributed by atoms with Gasteiger partial charge in [-0.2, -0.15) is 4.98 Å². The fraction of sp³-hybridized carbons (Fsp3) is 0.538. The van der Waals surface area contributed by atoms with Gasteiger partial charge in [-0.25, -0.2) is 4.98 Å². The predicted octanol–water partition coefficient (Wildman–Crippen LogP) is 3.18. The highest BCUT2D eigenvalue weighted by atomic mass is 79.9. The highest BCUT2D eigenvalue weighted by Gasteiger charge is 2.24. The second-order valence-electron chi connectivity index (χ2n) is 4.74. The number of rotatable bonds is 2. The first-order valence-corrected chi connectivity index (χ1v) is 7.21. The highest BCUT2D eigenvalue weighted by Crippen LogP contribution is 2.28. The third-order valence-corrected chi connectivity index (χ3v) is 3.98. The van der Waals surface area contributed by atoms with Crippen molar-refractivity contribution in [2.75, 3.05) is 19.6 Å². The van der Waals surface area contributed by atoms with Gasteiger partial charge in [-0.05, 0) is 54.0 Å². The van der Waals surface area contributed by atoms with Crippen LogP contribution >= 0.6 is 15.9 Å². The molecule has 2 aromatic heterocycles. The van der Waals surface area contributed by atoms with Crippen LogP contribution in [0.3, 0.4) is 0 Å². The zero-order valence-corrected chi connectivity index (χ0v) is 12.0. The Morgan fingerprint density at radius 3 is 3.17 bits per heavy atom. The molecule has 0 aliphatic carbocycles. The number of hydrogen-bond acceptors (Lipinski definition) is 4. The van der Waals surface area contributed by atoms with Gasteiger partial charge in [0.05, 0.1) is 0 Å². The molecule has 1 aliphatic rings. The van der Waals surface area contributed by atoms with Gasteiger partial charge in [0.1, 0.15) is 4.60 Å². The maximum atomic E-state index is 5.83. The number of fused-ring (bicyclic) bond motifs is 1. The van der Waals surface area contributed by atoms with Gasteiger partial charge in [0.15, 0.2) is 11.2 Å². The van der Waals surface area contributed by atoms with E-state index in [0.717, 1.165) is 35.6 Å². The minimum absolute atomic E-state index is 0.409. The van der Waals surface area contributed by atoms with Gasteiger partial charge in [0.2, 0.25) is 5.89 Å². The third kappa shape index (κ3) is 2.29. The fourth-order valence-corrected chi connectivity index (χ4v) is 2.83. The van der Waals surface area contributed by atoms with Crippen LogP contribution in [0.25, 0.3) is 11.2 Å². The van der Waals surface area contributed by atoms with Gasteiger partial charge in [-0.3, -0.25) is 0 Å². The van der Waals surface area contributed by atoms with Crippen LogP contribution in [0.15, 0.2) is 21.2 Å². The van der Waals surface area contributed by atoms with Gasteiger partial charge < -0.3 is 9.32 Å². The quantitative estimate of drug-likeness (QED) is 0.799. The molecule has 0 spiro atoms. The standard InChI is InChI=1S/C13H16BrN3O/c1-2-17-7-3-4-9(8-17)13-16-12-10(18-13)5-6-11(14)15-12/h5-6,9H,2-4,7-8H2,1H3. The SMILES string of the molecule is CCN1CCCC(c2nc3nc(Br)ccc3o2)C1. The first-order valence-electron chi connectivity index (χ1n) is 6.41. The van der Waals surface area contributed by atoms with E-state index in [9.17, 15) is 0 Å². The summed E-state index contributed by atoms with van der Waals surface area (Å²) in [5, 5.41) is 0. The molecular formula is C13H16BrN3O. The lowest BCUT2D eigenvalue weighted by Gasteiger charge is -2.29. The van der Waals surface area contributed by atoms with Crippen LogP contribution < -0.4 is 0 Å². The lowest BCUT2D eigenvalue weighted by atomic mass is 9.98. The molecule has 3 rings (SSSR count). The van der Waals surface area contributed by atoms with Gasteiger partial charge in [0, 0.05) is 12.5 Å². The molecule has 1 aliphatic heterocycles. The van der Waals surface area contributed by atoms with Crippen molar-refractivity contribution in [2.24, 2.45) is 0 Å². The molecule has 0 amide bonds. The van der Waals surface area contributed by atoms with Crippen LogP contribution in [-0.4, -0.2) is 34.5 Å². The molecule has 1 atom stereocenters. The molecule has 1 fully saturated rings. The Bertz CT molecular complexity index is 554. The summed E-state index contributed by atoms with van der Waals surface area (Å²) < 4.78 is 6.63. The minimum Gasteiger partial charge on any atom is -0.439 e. The molecule has 0 aromatic carbocycles. The van der Waals surface area contributed by atoms with Crippen molar-refractivity contribution in [2.45, 2.75) is 25.7 Å². The average Bonchev–Trinajstić information content (AvgIpc) is 2.81. The van der Waals surface area contributed by atoms with Crippen LogP contribution in [0.1, 0.15) is 31.6 Å². The molecule has 18 heavy (non-hydrogen) atoms. The second kappa shape index (κ2) is 4.97. The smallest absolute Gasteiger partial charge is 0.201 e. The van der Waals surface area contributed by atoms with Crippen molar-refractivity contribution in [3.05, 3.63) is 22.6 Å². The Labute approximate surface area is 115 Å². The molecule has 0 bridgehead atoms. The summed E-state index contributed by atoms with van der Waals surface area (Å²) in [5.74, 6) is 1.25. The summed E-state index contributed by atoms with van der Waals surface area (Å²) in [6.07, 6.45) is 2.37. The summed E-state index contributed by atoms with van der Waals surface area (Å²) in [4.78, 5) is 11.3. The molecule has 2 aromatic rings. The highest BCUT2D eigenvalue weighted by molar-refractivity contribution is 9.10. The first-order chi connectivity index (χ1) is 8.76. The molecule has 0 saturated carbocycles. The number of hydrogen-bond donors (Lipinski definition) is 0. The Kier molecular flexibility index (Phi) is 3.35. The maximum Gasteiger partial charge on any atom is 0.201 e. The van der Waals surface area contributed by atoms with Crippen LogP contribution in [0, 0.1) is 0 Å². The van der Waals surface area contributed by atoms with Crippen molar-refractivity contribution >= 4 is 27.2 Å². The number of nitrogens with zero attached hydrogens (tertiary/aromatic N) is 3. The Hall–Kier alpha value is -0.940. The minimum atomic E-state index is 0.409. The van der Waals surface area contributed by atoms with E-state index in [1.807, 2.05) is 12.1 Å². The molecule has 1 unspecified atom stereocenters. The summed E-state index contributed by atoms with van der Waals surface area (Å²) in [6.45, 7) is 5.54.